The van der Waals surface area contributed by atoms with Gasteiger partial charge in [0.1, 0.15) is 12.0 Å². The number of rotatable bonds is 10. The van der Waals surface area contributed by atoms with Crippen molar-refractivity contribution in [1.82, 2.24) is 20.2 Å². The van der Waals surface area contributed by atoms with Crippen LogP contribution in [-0.4, -0.2) is 33.4 Å². The third-order valence-electron chi connectivity index (χ3n) is 4.98. The fraction of sp³-hybridized carbons (Fsp3) is 0.348. The van der Waals surface area contributed by atoms with Gasteiger partial charge in [-0.3, -0.25) is 14.7 Å². The molecule has 1 saturated carbocycles. The van der Waals surface area contributed by atoms with Crippen LogP contribution >= 0.6 is 0 Å². The van der Waals surface area contributed by atoms with Gasteiger partial charge in [0.15, 0.2) is 5.69 Å². The molecule has 1 aliphatic rings. The van der Waals surface area contributed by atoms with Crippen LogP contribution in [0, 0.1) is 0 Å². The molecule has 0 unspecified atom stereocenters. The highest BCUT2D eigenvalue weighted by atomic mass is 16.5. The first-order valence-electron chi connectivity index (χ1n) is 10.3. The van der Waals surface area contributed by atoms with Gasteiger partial charge in [0.2, 0.25) is 5.89 Å². The predicted octanol–water partition coefficient (Wildman–Crippen LogP) is 3.56. The number of nitrogens with one attached hydrogen (secondary N) is 1. The molecule has 0 aliphatic heterocycles. The van der Waals surface area contributed by atoms with Crippen molar-refractivity contribution in [3.63, 3.8) is 0 Å². The molecule has 4 rings (SSSR count). The van der Waals surface area contributed by atoms with Crippen molar-refractivity contribution < 1.29 is 13.9 Å². The highest BCUT2D eigenvalue weighted by Crippen LogP contribution is 2.30. The Morgan fingerprint density at radius 2 is 2.03 bits per heavy atom. The van der Waals surface area contributed by atoms with Crippen molar-refractivity contribution in [1.29, 1.82) is 0 Å². The quantitative estimate of drug-likeness (QED) is 0.554. The highest BCUT2D eigenvalue weighted by Gasteiger charge is 2.30. The summed E-state index contributed by atoms with van der Waals surface area (Å²) in [6, 6.07) is 12.5. The lowest BCUT2D eigenvalue weighted by atomic mass is 10.2. The molecule has 3 aromatic rings. The van der Waals surface area contributed by atoms with Gasteiger partial charge >= 0.3 is 0 Å². The lowest BCUT2D eigenvalue weighted by Gasteiger charge is -2.20. The number of ether oxygens (including phenoxy) is 1. The molecular weight excluding hydrogens is 380 g/mol. The Balaban J connectivity index is 1.34. The highest BCUT2D eigenvalue weighted by molar-refractivity contribution is 5.91. The average Bonchev–Trinajstić information content (AvgIpc) is 3.52. The third-order valence-corrected chi connectivity index (χ3v) is 4.98. The van der Waals surface area contributed by atoms with E-state index in [4.69, 9.17) is 9.15 Å². The molecule has 0 radical (unpaired) electrons. The molecule has 2 heterocycles. The van der Waals surface area contributed by atoms with Gasteiger partial charge in [0.25, 0.3) is 5.91 Å². The Morgan fingerprint density at radius 1 is 1.20 bits per heavy atom. The van der Waals surface area contributed by atoms with E-state index in [0.29, 0.717) is 37.3 Å². The maximum atomic E-state index is 12.4. The lowest BCUT2D eigenvalue weighted by molar-refractivity contribution is 0.0945. The normalized spacial score (nSPS) is 13.4. The summed E-state index contributed by atoms with van der Waals surface area (Å²) in [6.45, 7) is 4.43. The van der Waals surface area contributed by atoms with Gasteiger partial charge in [-0.1, -0.05) is 18.2 Å². The van der Waals surface area contributed by atoms with Gasteiger partial charge in [-0.15, -0.1) is 0 Å². The molecule has 1 aromatic carbocycles. The maximum Gasteiger partial charge on any atom is 0.273 e. The Labute approximate surface area is 176 Å². The fourth-order valence-electron chi connectivity index (χ4n) is 3.28. The second-order valence-electron chi connectivity index (χ2n) is 7.38. The second kappa shape index (κ2) is 9.54. The number of hydrogen-bond acceptors (Lipinski definition) is 6. The zero-order chi connectivity index (χ0) is 20.8. The first kappa shape index (κ1) is 20.1. The Kier molecular flexibility index (Phi) is 6.39. The minimum absolute atomic E-state index is 0.252. The minimum atomic E-state index is -0.252. The third kappa shape index (κ3) is 5.45. The van der Waals surface area contributed by atoms with E-state index in [9.17, 15) is 4.79 Å². The first-order chi connectivity index (χ1) is 14.7. The van der Waals surface area contributed by atoms with Crippen molar-refractivity contribution in [2.24, 2.45) is 0 Å². The SMILES string of the molecule is CCOc1ccc(CN(Cc2nc(C(=O)NCc3cccnc3)co2)C2CC2)cc1. The molecule has 1 fully saturated rings. The summed E-state index contributed by atoms with van der Waals surface area (Å²) in [5.74, 6) is 1.19. The van der Waals surface area contributed by atoms with Gasteiger partial charge < -0.3 is 14.5 Å². The van der Waals surface area contributed by atoms with Gasteiger partial charge in [-0.05, 0) is 49.1 Å². The number of benzene rings is 1. The molecule has 30 heavy (non-hydrogen) atoms. The smallest absolute Gasteiger partial charge is 0.273 e. The summed E-state index contributed by atoms with van der Waals surface area (Å²) in [5.41, 5.74) is 2.45. The summed E-state index contributed by atoms with van der Waals surface area (Å²) in [4.78, 5) is 23.1. The van der Waals surface area contributed by atoms with Gasteiger partial charge in [0, 0.05) is 31.5 Å². The van der Waals surface area contributed by atoms with E-state index in [1.54, 1.807) is 12.4 Å². The van der Waals surface area contributed by atoms with Crippen LogP contribution in [0.3, 0.4) is 0 Å². The monoisotopic (exact) mass is 406 g/mol. The van der Waals surface area contributed by atoms with Crippen molar-refractivity contribution in [2.45, 2.75) is 45.4 Å². The Bertz CT molecular complexity index is 952. The molecular formula is C23H26N4O3. The van der Waals surface area contributed by atoms with Crippen molar-refractivity contribution in [3.05, 3.63) is 77.8 Å². The molecule has 1 N–H and O–H groups in total. The number of hydrogen-bond donors (Lipinski definition) is 1. The van der Waals surface area contributed by atoms with Crippen molar-refractivity contribution in [3.8, 4) is 5.75 Å². The van der Waals surface area contributed by atoms with Crippen LogP contribution in [0.5, 0.6) is 5.75 Å². The zero-order valence-corrected chi connectivity index (χ0v) is 17.1. The van der Waals surface area contributed by atoms with E-state index < -0.39 is 0 Å². The summed E-state index contributed by atoms with van der Waals surface area (Å²) >= 11 is 0. The van der Waals surface area contributed by atoms with E-state index >= 15 is 0 Å². The summed E-state index contributed by atoms with van der Waals surface area (Å²) in [5, 5.41) is 2.85. The Hall–Kier alpha value is -3.19. The number of oxazole rings is 1. The molecule has 1 amide bonds. The summed E-state index contributed by atoms with van der Waals surface area (Å²) < 4.78 is 11.1. The van der Waals surface area contributed by atoms with Crippen molar-refractivity contribution in [2.75, 3.05) is 6.61 Å². The van der Waals surface area contributed by atoms with Gasteiger partial charge in [-0.25, -0.2) is 4.98 Å². The predicted molar refractivity (Wildman–Crippen MR) is 112 cm³/mol. The Morgan fingerprint density at radius 3 is 2.73 bits per heavy atom. The molecule has 0 spiro atoms. The lowest BCUT2D eigenvalue weighted by Crippen LogP contribution is -2.26. The van der Waals surface area contributed by atoms with Crippen LogP contribution in [0.4, 0.5) is 0 Å². The topological polar surface area (TPSA) is 80.5 Å². The zero-order valence-electron chi connectivity index (χ0n) is 17.1. The van der Waals surface area contributed by atoms with Crippen LogP contribution in [0.25, 0.3) is 0 Å². The van der Waals surface area contributed by atoms with Crippen LogP contribution in [0.2, 0.25) is 0 Å². The van der Waals surface area contributed by atoms with Crippen LogP contribution < -0.4 is 10.1 Å². The van der Waals surface area contributed by atoms with Crippen molar-refractivity contribution >= 4 is 5.91 Å². The van der Waals surface area contributed by atoms with Crippen LogP contribution in [-0.2, 0) is 19.6 Å². The average molecular weight is 406 g/mol. The van der Waals surface area contributed by atoms with Crippen LogP contribution in [0.15, 0.2) is 59.5 Å². The molecule has 1 aliphatic carbocycles. The van der Waals surface area contributed by atoms with Crippen LogP contribution in [0.1, 0.15) is 47.3 Å². The van der Waals surface area contributed by atoms with E-state index in [-0.39, 0.29) is 5.91 Å². The molecule has 0 atom stereocenters. The minimum Gasteiger partial charge on any atom is -0.494 e. The number of carbonyl (C=O) groups is 1. The number of amides is 1. The summed E-state index contributed by atoms with van der Waals surface area (Å²) in [6.07, 6.45) is 7.21. The van der Waals surface area contributed by atoms with E-state index in [1.807, 2.05) is 31.2 Å². The number of nitrogens with zero attached hydrogens (tertiary/aromatic N) is 3. The number of pyridine rings is 1. The standard InChI is InChI=1S/C23H26N4O3/c1-2-29-20-9-5-17(6-10-20)14-27(19-7-8-19)15-22-26-21(16-30-22)23(28)25-13-18-4-3-11-24-12-18/h3-6,9-12,16,19H,2,7-8,13-15H2,1H3,(H,25,28). The molecule has 0 bridgehead atoms. The summed E-state index contributed by atoms with van der Waals surface area (Å²) in [7, 11) is 0. The first-order valence-corrected chi connectivity index (χ1v) is 10.3. The fourth-order valence-corrected chi connectivity index (χ4v) is 3.28. The van der Waals surface area contributed by atoms with E-state index in [1.165, 1.54) is 24.7 Å². The van der Waals surface area contributed by atoms with E-state index in [0.717, 1.165) is 17.9 Å². The number of aromatic nitrogens is 2. The molecule has 156 valence electrons. The molecule has 0 saturated heterocycles. The second-order valence-corrected chi connectivity index (χ2v) is 7.38. The van der Waals surface area contributed by atoms with Gasteiger partial charge in [-0.2, -0.15) is 0 Å². The molecule has 2 aromatic heterocycles. The molecule has 7 heteroatoms. The van der Waals surface area contributed by atoms with Gasteiger partial charge in [0.05, 0.1) is 13.2 Å². The van der Waals surface area contributed by atoms with E-state index in [2.05, 4.69) is 32.3 Å². The molecule has 7 nitrogen and oxygen atoms in total. The maximum absolute atomic E-state index is 12.4. The largest absolute Gasteiger partial charge is 0.494 e. The number of carbonyl (C=O) groups excluding carboxylic acids is 1.